The number of aryl methyl sites for hydroxylation is 3. The van der Waals surface area contributed by atoms with Crippen LogP contribution in [-0.2, 0) is 0 Å². The number of ketones is 1. The Morgan fingerprint density at radius 1 is 0.654 bits per heavy atom. The molecule has 0 spiro atoms. The summed E-state index contributed by atoms with van der Waals surface area (Å²) in [5.74, 6) is 0.126. The fraction of sp³-hybridized carbons (Fsp3) is 0.125. The molecule has 0 unspecified atom stereocenters. The molecule has 0 fully saturated rings. The highest BCUT2D eigenvalue weighted by atomic mass is 32.2. The Kier molecular flexibility index (Phi) is 4.29. The van der Waals surface area contributed by atoms with E-state index in [1.165, 1.54) is 16.7 Å². The topological polar surface area (TPSA) is 17.1 Å². The van der Waals surface area contributed by atoms with Gasteiger partial charge in [0.1, 0.15) is 0 Å². The van der Waals surface area contributed by atoms with Crippen LogP contribution < -0.4 is 0 Å². The van der Waals surface area contributed by atoms with Crippen molar-refractivity contribution in [3.63, 3.8) is 0 Å². The quantitative estimate of drug-likeness (QED) is 0.543. The van der Waals surface area contributed by atoms with Gasteiger partial charge in [0.2, 0.25) is 5.78 Å². The van der Waals surface area contributed by atoms with E-state index in [0.717, 1.165) is 32.1 Å². The molecule has 4 rings (SSSR count). The molecule has 0 saturated heterocycles. The van der Waals surface area contributed by atoms with Crippen LogP contribution >= 0.6 is 11.8 Å². The van der Waals surface area contributed by atoms with Gasteiger partial charge in [0.15, 0.2) is 0 Å². The van der Waals surface area contributed by atoms with Gasteiger partial charge in [-0.2, -0.15) is 0 Å². The molecule has 26 heavy (non-hydrogen) atoms. The van der Waals surface area contributed by atoms with Crippen LogP contribution in [0.5, 0.6) is 0 Å². The molecule has 0 saturated carbocycles. The number of fused-ring (bicyclic) bond motifs is 1. The molecule has 0 atom stereocenters. The molecule has 1 aliphatic carbocycles. The average molecular weight is 356 g/mol. The Morgan fingerprint density at radius 3 is 1.88 bits per heavy atom. The summed E-state index contributed by atoms with van der Waals surface area (Å²) in [7, 11) is 0. The lowest BCUT2D eigenvalue weighted by Crippen LogP contribution is -1.96. The predicted molar refractivity (Wildman–Crippen MR) is 110 cm³/mol. The number of Topliss-reactive ketones (excluding diaryl/α,β-unsaturated/α-hetero) is 1. The lowest BCUT2D eigenvalue weighted by atomic mass is 9.97. The smallest absolute Gasteiger partial charge is 0.200 e. The number of rotatable bonds is 3. The molecule has 0 amide bonds. The number of benzene rings is 3. The molecule has 0 aliphatic heterocycles. The van der Waals surface area contributed by atoms with Gasteiger partial charge in [-0.1, -0.05) is 83.0 Å². The largest absolute Gasteiger partial charge is 0.288 e. The van der Waals surface area contributed by atoms with Gasteiger partial charge in [0, 0.05) is 16.0 Å². The Morgan fingerprint density at radius 2 is 1.23 bits per heavy atom. The van der Waals surface area contributed by atoms with E-state index in [9.17, 15) is 4.79 Å². The third kappa shape index (κ3) is 3.02. The molecule has 2 heteroatoms. The number of allylic oxidation sites excluding steroid dienone is 1. The van der Waals surface area contributed by atoms with Crippen LogP contribution in [0.2, 0.25) is 0 Å². The van der Waals surface area contributed by atoms with E-state index >= 15 is 0 Å². The van der Waals surface area contributed by atoms with Crippen LogP contribution in [0.4, 0.5) is 0 Å². The predicted octanol–water partition coefficient (Wildman–Crippen LogP) is 6.36. The highest BCUT2D eigenvalue weighted by molar-refractivity contribution is 8.04. The summed E-state index contributed by atoms with van der Waals surface area (Å²) in [4.78, 5) is 15.1. The Hall–Kier alpha value is -2.58. The number of hydrogen-bond acceptors (Lipinski definition) is 2. The first kappa shape index (κ1) is 16.9. The zero-order valence-electron chi connectivity index (χ0n) is 15.2. The fourth-order valence-electron chi connectivity index (χ4n) is 3.25. The zero-order chi connectivity index (χ0) is 18.3. The summed E-state index contributed by atoms with van der Waals surface area (Å²) in [5, 5.41) is 0. The van der Waals surface area contributed by atoms with Crippen molar-refractivity contribution >= 4 is 23.1 Å². The molecule has 3 aromatic rings. The van der Waals surface area contributed by atoms with Gasteiger partial charge in [0.05, 0.1) is 4.91 Å². The van der Waals surface area contributed by atoms with Crippen LogP contribution in [0.3, 0.4) is 0 Å². The lowest BCUT2D eigenvalue weighted by molar-refractivity contribution is 0.104. The van der Waals surface area contributed by atoms with Gasteiger partial charge in [-0.15, -0.1) is 0 Å². The number of carbonyl (C=O) groups excluding carboxylic acids is 1. The van der Waals surface area contributed by atoms with Gasteiger partial charge < -0.3 is 0 Å². The molecule has 0 aromatic heterocycles. The maximum absolute atomic E-state index is 13.2. The van der Waals surface area contributed by atoms with E-state index in [1.807, 2.05) is 12.1 Å². The summed E-state index contributed by atoms with van der Waals surface area (Å²) < 4.78 is 0. The van der Waals surface area contributed by atoms with Crippen LogP contribution in [0.25, 0.3) is 5.57 Å². The second kappa shape index (κ2) is 6.62. The van der Waals surface area contributed by atoms with E-state index in [-0.39, 0.29) is 5.78 Å². The summed E-state index contributed by atoms with van der Waals surface area (Å²) in [6.07, 6.45) is 0. The summed E-state index contributed by atoms with van der Waals surface area (Å²) in [6, 6.07) is 22.9. The molecule has 128 valence electrons. The third-order valence-corrected chi connectivity index (χ3v) is 5.80. The van der Waals surface area contributed by atoms with Gasteiger partial charge in [-0.05, 0) is 44.0 Å². The minimum absolute atomic E-state index is 0.126. The Balaban J connectivity index is 1.89. The molecular formula is C24H20OS. The molecule has 0 bridgehead atoms. The van der Waals surface area contributed by atoms with Crippen molar-refractivity contribution in [1.82, 2.24) is 0 Å². The first-order valence-corrected chi connectivity index (χ1v) is 9.56. The maximum atomic E-state index is 13.2. The van der Waals surface area contributed by atoms with Gasteiger partial charge >= 0.3 is 0 Å². The van der Waals surface area contributed by atoms with E-state index in [4.69, 9.17) is 0 Å². The fourth-order valence-corrected chi connectivity index (χ4v) is 4.29. The van der Waals surface area contributed by atoms with E-state index in [1.54, 1.807) is 11.8 Å². The van der Waals surface area contributed by atoms with Crippen molar-refractivity contribution in [2.24, 2.45) is 0 Å². The van der Waals surface area contributed by atoms with Gasteiger partial charge in [-0.3, -0.25) is 4.79 Å². The normalized spacial score (nSPS) is 13.3. The summed E-state index contributed by atoms with van der Waals surface area (Å²) >= 11 is 1.57. The van der Waals surface area contributed by atoms with Crippen molar-refractivity contribution < 1.29 is 4.79 Å². The first-order valence-electron chi connectivity index (χ1n) is 8.74. The molecule has 1 aliphatic rings. The summed E-state index contributed by atoms with van der Waals surface area (Å²) in [6.45, 7) is 6.23. The van der Waals surface area contributed by atoms with Crippen LogP contribution in [0, 0.1) is 20.8 Å². The SMILES string of the molecule is Cc1ccc(SC2=C(c3ccc(C)cc3)c3cc(C)ccc3C2=O)cc1. The minimum atomic E-state index is 0.126. The van der Waals surface area contributed by atoms with E-state index in [0.29, 0.717) is 0 Å². The standard InChI is InChI=1S/C24H20OS/c1-15-4-9-18(10-5-15)22-21-14-17(3)8-13-20(21)23(25)24(22)26-19-11-6-16(2)7-12-19/h4-14H,1-3H3. The number of thioether (sulfide) groups is 1. The van der Waals surface area contributed by atoms with Crippen molar-refractivity contribution in [2.45, 2.75) is 25.7 Å². The Bertz CT molecular complexity index is 1020. The maximum Gasteiger partial charge on any atom is 0.200 e. The molecule has 0 N–H and O–H groups in total. The average Bonchev–Trinajstić information content (AvgIpc) is 2.89. The zero-order valence-corrected chi connectivity index (χ0v) is 16.0. The molecule has 3 aromatic carbocycles. The van der Waals surface area contributed by atoms with Crippen molar-refractivity contribution in [3.05, 3.63) is 105 Å². The van der Waals surface area contributed by atoms with E-state index < -0.39 is 0 Å². The second-order valence-corrected chi connectivity index (χ2v) is 7.95. The molecule has 0 radical (unpaired) electrons. The van der Waals surface area contributed by atoms with Crippen molar-refractivity contribution in [2.75, 3.05) is 0 Å². The van der Waals surface area contributed by atoms with Crippen molar-refractivity contribution in [1.29, 1.82) is 0 Å². The lowest BCUT2D eigenvalue weighted by Gasteiger charge is -2.09. The number of hydrogen-bond donors (Lipinski definition) is 0. The Labute approximate surface area is 158 Å². The van der Waals surface area contributed by atoms with Gasteiger partial charge in [0.25, 0.3) is 0 Å². The molecule has 0 heterocycles. The van der Waals surface area contributed by atoms with Crippen molar-refractivity contribution in [3.8, 4) is 0 Å². The van der Waals surface area contributed by atoms with Gasteiger partial charge in [-0.25, -0.2) is 0 Å². The highest BCUT2D eigenvalue weighted by Crippen LogP contribution is 2.45. The van der Waals surface area contributed by atoms with Crippen LogP contribution in [0.15, 0.2) is 76.5 Å². The highest BCUT2D eigenvalue weighted by Gasteiger charge is 2.31. The monoisotopic (exact) mass is 356 g/mol. The molecule has 1 nitrogen and oxygen atoms in total. The second-order valence-electron chi connectivity index (χ2n) is 6.86. The van der Waals surface area contributed by atoms with Crippen LogP contribution in [0.1, 0.15) is 38.2 Å². The molecular weight excluding hydrogens is 336 g/mol. The minimum Gasteiger partial charge on any atom is -0.288 e. The first-order chi connectivity index (χ1) is 12.5. The number of carbonyl (C=O) groups is 1. The van der Waals surface area contributed by atoms with Crippen LogP contribution in [-0.4, -0.2) is 5.78 Å². The summed E-state index contributed by atoms with van der Waals surface area (Å²) in [5.41, 5.74) is 7.62. The third-order valence-electron chi connectivity index (χ3n) is 4.70. The van der Waals surface area contributed by atoms with E-state index in [2.05, 4.69) is 75.4 Å².